The second-order valence-electron chi connectivity index (χ2n) is 3.66. The Hall–Kier alpha value is -0.0900. The van der Waals surface area contributed by atoms with Gasteiger partial charge in [0.1, 0.15) is 5.82 Å². The van der Waals surface area contributed by atoms with Crippen molar-refractivity contribution in [2.45, 2.75) is 26.8 Å². The number of nitrogens with zero attached hydrogens (tertiary/aromatic N) is 1. The summed E-state index contributed by atoms with van der Waals surface area (Å²) in [6.07, 6.45) is 1.79. The summed E-state index contributed by atoms with van der Waals surface area (Å²) >= 11 is 6.84. The van der Waals surface area contributed by atoms with Crippen LogP contribution in [0.2, 0.25) is 0 Å². The van der Waals surface area contributed by atoms with Gasteiger partial charge >= 0.3 is 0 Å². The van der Waals surface area contributed by atoms with Crippen LogP contribution in [0, 0.1) is 5.92 Å². The quantitative estimate of drug-likeness (QED) is 0.908. The number of halogens is 2. The summed E-state index contributed by atoms with van der Waals surface area (Å²) in [5, 5.41) is 3.36. The molecule has 4 heteroatoms. The Balaban J connectivity index is 2.77. The van der Waals surface area contributed by atoms with E-state index >= 15 is 0 Å². The van der Waals surface area contributed by atoms with Crippen molar-refractivity contribution < 1.29 is 0 Å². The Labute approximate surface area is 102 Å². The van der Waals surface area contributed by atoms with E-state index < -0.39 is 0 Å². The van der Waals surface area contributed by atoms with Gasteiger partial charge in [0, 0.05) is 16.7 Å². The minimum absolute atomic E-state index is 0.417. The highest BCUT2D eigenvalue weighted by atomic mass is 79.9. The molecule has 0 bridgehead atoms. The van der Waals surface area contributed by atoms with Gasteiger partial charge in [-0.2, -0.15) is 0 Å². The number of anilines is 1. The van der Waals surface area contributed by atoms with E-state index in [9.17, 15) is 0 Å². The summed E-state index contributed by atoms with van der Waals surface area (Å²) in [4.78, 5) is 4.30. The Morgan fingerprint density at radius 2 is 1.93 bits per heavy atom. The summed E-state index contributed by atoms with van der Waals surface area (Å²) in [6, 6.07) is 2.41. The smallest absolute Gasteiger partial charge is 0.140 e. The summed E-state index contributed by atoms with van der Waals surface area (Å²) in [5.41, 5.74) is 0. The molecule has 0 aliphatic heterocycles. The highest BCUT2D eigenvalue weighted by Gasteiger charge is 2.09. The van der Waals surface area contributed by atoms with Crippen molar-refractivity contribution in [1.29, 1.82) is 0 Å². The van der Waals surface area contributed by atoms with Gasteiger partial charge in [0.25, 0.3) is 0 Å². The van der Waals surface area contributed by atoms with Gasteiger partial charge in [-0.15, -0.1) is 0 Å². The monoisotopic (exact) mass is 320 g/mol. The average molecular weight is 322 g/mol. The number of rotatable bonds is 3. The maximum absolute atomic E-state index is 4.30. The van der Waals surface area contributed by atoms with E-state index in [1.54, 1.807) is 6.20 Å². The van der Waals surface area contributed by atoms with E-state index in [2.05, 4.69) is 62.9 Å². The number of hydrogen-bond acceptors (Lipinski definition) is 2. The zero-order valence-corrected chi connectivity index (χ0v) is 11.7. The summed E-state index contributed by atoms with van der Waals surface area (Å²) < 4.78 is 1.96. The molecule has 1 rings (SSSR count). The van der Waals surface area contributed by atoms with Gasteiger partial charge in [0.05, 0.1) is 4.47 Å². The van der Waals surface area contributed by atoms with E-state index in [-0.39, 0.29) is 0 Å². The van der Waals surface area contributed by atoms with E-state index in [1.807, 2.05) is 6.07 Å². The first-order chi connectivity index (χ1) is 6.50. The minimum Gasteiger partial charge on any atom is -0.366 e. The van der Waals surface area contributed by atoms with Crippen molar-refractivity contribution in [1.82, 2.24) is 4.98 Å². The molecule has 0 saturated carbocycles. The molecule has 0 aliphatic carbocycles. The van der Waals surface area contributed by atoms with Crippen LogP contribution < -0.4 is 5.32 Å². The number of pyridine rings is 1. The zero-order valence-electron chi connectivity index (χ0n) is 8.51. The van der Waals surface area contributed by atoms with Crippen LogP contribution >= 0.6 is 31.9 Å². The van der Waals surface area contributed by atoms with E-state index in [1.165, 1.54) is 0 Å². The molecule has 2 nitrogen and oxygen atoms in total. The number of nitrogens with one attached hydrogen (secondary N) is 1. The highest BCUT2D eigenvalue weighted by molar-refractivity contribution is 9.11. The van der Waals surface area contributed by atoms with Gasteiger partial charge in [-0.05, 0) is 50.8 Å². The Kier molecular flexibility index (Phi) is 4.38. The van der Waals surface area contributed by atoms with E-state index in [0.717, 1.165) is 14.8 Å². The van der Waals surface area contributed by atoms with Crippen molar-refractivity contribution in [2.24, 2.45) is 5.92 Å². The molecule has 0 fully saturated rings. The predicted molar refractivity (Wildman–Crippen MR) is 67.6 cm³/mol. The first-order valence-corrected chi connectivity index (χ1v) is 6.17. The predicted octanol–water partition coefficient (Wildman–Crippen LogP) is 4.06. The molecule has 0 radical (unpaired) electrons. The number of aromatic nitrogens is 1. The molecule has 1 atom stereocenters. The average Bonchev–Trinajstić information content (AvgIpc) is 2.09. The molecule has 0 aliphatic rings. The molecule has 14 heavy (non-hydrogen) atoms. The summed E-state index contributed by atoms with van der Waals surface area (Å²) in [6.45, 7) is 6.52. The maximum atomic E-state index is 4.30. The van der Waals surface area contributed by atoms with Gasteiger partial charge < -0.3 is 5.32 Å². The Morgan fingerprint density at radius 1 is 1.29 bits per heavy atom. The molecule has 0 aromatic carbocycles. The van der Waals surface area contributed by atoms with Gasteiger partial charge in [0.15, 0.2) is 0 Å². The molecule has 1 heterocycles. The Morgan fingerprint density at radius 3 is 2.43 bits per heavy atom. The third kappa shape index (κ3) is 3.24. The molecule has 0 spiro atoms. The molecule has 0 amide bonds. The van der Waals surface area contributed by atoms with Crippen molar-refractivity contribution in [2.75, 3.05) is 5.32 Å². The maximum Gasteiger partial charge on any atom is 0.140 e. The standard InChI is InChI=1S/C10H14Br2N2/c1-6(2)7(3)14-10-9(12)4-8(11)5-13-10/h4-7H,1-3H3,(H,13,14). The zero-order chi connectivity index (χ0) is 10.7. The molecular weight excluding hydrogens is 308 g/mol. The summed E-state index contributed by atoms with van der Waals surface area (Å²) in [5.74, 6) is 1.49. The molecule has 1 unspecified atom stereocenters. The highest BCUT2D eigenvalue weighted by Crippen LogP contribution is 2.24. The fraction of sp³-hybridized carbons (Fsp3) is 0.500. The minimum atomic E-state index is 0.417. The van der Waals surface area contributed by atoms with Crippen molar-refractivity contribution in [3.63, 3.8) is 0 Å². The van der Waals surface area contributed by atoms with Crippen LogP contribution in [0.5, 0.6) is 0 Å². The lowest BCUT2D eigenvalue weighted by Gasteiger charge is -2.18. The molecular formula is C10H14Br2N2. The number of hydrogen-bond donors (Lipinski definition) is 1. The van der Waals surface area contributed by atoms with Crippen LogP contribution in [0.1, 0.15) is 20.8 Å². The molecule has 0 saturated heterocycles. The second-order valence-corrected chi connectivity index (χ2v) is 5.43. The SMILES string of the molecule is CC(C)C(C)Nc1ncc(Br)cc1Br. The van der Waals surface area contributed by atoms with Gasteiger partial charge in [-0.3, -0.25) is 0 Å². The largest absolute Gasteiger partial charge is 0.366 e. The fourth-order valence-corrected chi connectivity index (χ4v) is 2.01. The van der Waals surface area contributed by atoms with Crippen LogP contribution in [-0.2, 0) is 0 Å². The van der Waals surface area contributed by atoms with Gasteiger partial charge in [-0.1, -0.05) is 13.8 Å². The first-order valence-electron chi connectivity index (χ1n) is 4.58. The molecule has 1 aromatic rings. The Bertz CT molecular complexity index is 313. The van der Waals surface area contributed by atoms with Gasteiger partial charge in [0.2, 0.25) is 0 Å². The molecule has 1 aromatic heterocycles. The lowest BCUT2D eigenvalue weighted by molar-refractivity contribution is 0.558. The van der Waals surface area contributed by atoms with Crippen molar-refractivity contribution in [3.8, 4) is 0 Å². The second kappa shape index (κ2) is 5.12. The third-order valence-corrected chi connectivity index (χ3v) is 3.21. The third-order valence-electron chi connectivity index (χ3n) is 2.17. The van der Waals surface area contributed by atoms with E-state index in [4.69, 9.17) is 0 Å². The van der Waals surface area contributed by atoms with Crippen LogP contribution in [0.4, 0.5) is 5.82 Å². The fourth-order valence-electron chi connectivity index (χ4n) is 0.903. The lowest BCUT2D eigenvalue weighted by Crippen LogP contribution is -2.22. The molecule has 78 valence electrons. The normalized spacial score (nSPS) is 13.0. The summed E-state index contributed by atoms with van der Waals surface area (Å²) in [7, 11) is 0. The van der Waals surface area contributed by atoms with Crippen LogP contribution in [0.3, 0.4) is 0 Å². The lowest BCUT2D eigenvalue weighted by atomic mass is 10.1. The van der Waals surface area contributed by atoms with E-state index in [0.29, 0.717) is 12.0 Å². The first kappa shape index (κ1) is 12.0. The topological polar surface area (TPSA) is 24.9 Å². The van der Waals surface area contributed by atoms with Gasteiger partial charge in [-0.25, -0.2) is 4.98 Å². The van der Waals surface area contributed by atoms with Crippen molar-refractivity contribution >= 4 is 37.7 Å². The van der Waals surface area contributed by atoms with Crippen LogP contribution in [-0.4, -0.2) is 11.0 Å². The van der Waals surface area contributed by atoms with Crippen molar-refractivity contribution in [3.05, 3.63) is 21.2 Å². The van der Waals surface area contributed by atoms with Crippen LogP contribution in [0.15, 0.2) is 21.2 Å². The van der Waals surface area contributed by atoms with Crippen LogP contribution in [0.25, 0.3) is 0 Å². The molecule has 1 N–H and O–H groups in total.